The summed E-state index contributed by atoms with van der Waals surface area (Å²) in [6.07, 6.45) is 9.61. The number of hydrogen-bond donors (Lipinski definition) is 0. The Labute approximate surface area is 185 Å². The molecule has 2 aromatic rings. The van der Waals surface area contributed by atoms with Crippen molar-refractivity contribution < 1.29 is 20.9 Å². The summed E-state index contributed by atoms with van der Waals surface area (Å²) in [6, 6.07) is 18.5. The van der Waals surface area contributed by atoms with Gasteiger partial charge >= 0.3 is 186 Å². The second kappa shape index (κ2) is 8.70. The molecule has 0 unspecified atom stereocenters. The zero-order chi connectivity index (χ0) is 20.5. The van der Waals surface area contributed by atoms with Crippen LogP contribution in [0.25, 0.3) is 0 Å². The zero-order valence-corrected chi connectivity index (χ0v) is 22.0. The van der Waals surface area contributed by atoms with Gasteiger partial charge in [-0.2, -0.15) is 0 Å². The van der Waals surface area contributed by atoms with Gasteiger partial charge in [0, 0.05) is 0 Å². The predicted octanol–water partition coefficient (Wildman–Crippen LogP) is 5.62. The quantitative estimate of drug-likeness (QED) is 0.494. The Balaban J connectivity index is 1.95. The van der Waals surface area contributed by atoms with Gasteiger partial charge in [-0.1, -0.05) is 0 Å². The summed E-state index contributed by atoms with van der Waals surface area (Å²) in [5.74, 6) is -1.34. The molecule has 147 valence electrons. The van der Waals surface area contributed by atoms with Crippen LogP contribution < -0.4 is 10.4 Å². The fraction of sp³-hybridized carbons (Fsp3) is 0.259. The molecule has 4 rings (SSSR count). The van der Waals surface area contributed by atoms with E-state index in [2.05, 4.69) is 101 Å². The van der Waals surface area contributed by atoms with E-state index in [1.165, 1.54) is 24.0 Å². The molecule has 2 heteroatoms. The molecule has 0 atom stereocenters. The van der Waals surface area contributed by atoms with Gasteiger partial charge in [0.25, 0.3) is 0 Å². The Morgan fingerprint density at radius 3 is 1.79 bits per heavy atom. The topological polar surface area (TPSA) is 0 Å². The van der Waals surface area contributed by atoms with Gasteiger partial charge in [0.1, 0.15) is 0 Å². The van der Waals surface area contributed by atoms with Crippen molar-refractivity contribution >= 4 is 16.3 Å². The molecule has 0 nitrogen and oxygen atoms in total. The molecular formula is C27H31SiZr. The van der Waals surface area contributed by atoms with Crippen LogP contribution in [-0.2, 0) is 20.9 Å². The van der Waals surface area contributed by atoms with Crippen LogP contribution in [-0.4, -0.2) is 5.92 Å². The number of hydrogen-bond acceptors (Lipinski definition) is 0. The van der Waals surface area contributed by atoms with E-state index in [0.29, 0.717) is 0 Å². The van der Waals surface area contributed by atoms with Crippen LogP contribution in [0.4, 0.5) is 0 Å². The average molecular weight is 475 g/mol. The van der Waals surface area contributed by atoms with E-state index in [1.807, 2.05) is 6.56 Å². The monoisotopic (exact) mass is 473 g/mol. The molecule has 0 amide bonds. The first-order valence-corrected chi connectivity index (χ1v) is 19.1. The van der Waals surface area contributed by atoms with E-state index in [0.717, 1.165) is 0 Å². The maximum absolute atomic E-state index is 2.49. The molecule has 29 heavy (non-hydrogen) atoms. The molecule has 2 aromatic carbocycles. The molecule has 0 saturated heterocycles. The van der Waals surface area contributed by atoms with Crippen LogP contribution in [0.3, 0.4) is 0 Å². The molecule has 2 aliphatic rings. The summed E-state index contributed by atoms with van der Waals surface area (Å²) < 4.78 is 3.69. The van der Waals surface area contributed by atoms with Gasteiger partial charge in [-0.15, -0.1) is 0 Å². The third kappa shape index (κ3) is 3.94. The molecule has 0 spiro atoms. The summed E-state index contributed by atoms with van der Waals surface area (Å²) >= 11 is -2.10. The minimum atomic E-state index is -2.10. The van der Waals surface area contributed by atoms with Gasteiger partial charge in [-0.05, 0) is 0 Å². The van der Waals surface area contributed by atoms with Crippen LogP contribution in [0.2, 0.25) is 0 Å². The SMILES string of the molecule is CC1=C(C)C(C)=[C]([Zr]([C]2=CC=CC2)[SiH](c2ccccc2C)c2ccccc2C)C1. The van der Waals surface area contributed by atoms with Crippen molar-refractivity contribution in [3.63, 3.8) is 0 Å². The molecule has 0 saturated carbocycles. The first-order valence-electron chi connectivity index (χ1n) is 10.7. The van der Waals surface area contributed by atoms with Gasteiger partial charge in [0.05, 0.1) is 0 Å². The molecular weight excluding hydrogens is 444 g/mol. The third-order valence-corrected chi connectivity index (χ3v) is 28.6. The van der Waals surface area contributed by atoms with Crippen LogP contribution in [0, 0.1) is 13.8 Å². The Bertz CT molecular complexity index is 1020. The molecule has 0 N–H and O–H groups in total. The Morgan fingerprint density at radius 2 is 1.34 bits per heavy atom. The molecule has 0 aromatic heterocycles. The van der Waals surface area contributed by atoms with Crippen LogP contribution in [0.15, 0.2) is 90.0 Å². The second-order valence-electron chi connectivity index (χ2n) is 8.57. The van der Waals surface area contributed by atoms with Gasteiger partial charge in [0.2, 0.25) is 0 Å². The van der Waals surface area contributed by atoms with Crippen molar-refractivity contribution in [2.45, 2.75) is 47.5 Å². The van der Waals surface area contributed by atoms with E-state index in [1.54, 1.807) is 27.1 Å². The first kappa shape index (κ1) is 20.8. The Morgan fingerprint density at radius 1 is 0.759 bits per heavy atom. The average Bonchev–Trinajstić information content (AvgIpc) is 3.33. The number of aryl methyl sites for hydroxylation is 2. The van der Waals surface area contributed by atoms with Crippen LogP contribution in [0.1, 0.15) is 44.7 Å². The summed E-state index contributed by atoms with van der Waals surface area (Å²) in [5.41, 5.74) is 7.78. The fourth-order valence-corrected chi connectivity index (χ4v) is 31.1. The normalized spacial score (nSPS) is 16.3. The summed E-state index contributed by atoms with van der Waals surface area (Å²) in [4.78, 5) is 0. The molecule has 0 bridgehead atoms. The summed E-state index contributed by atoms with van der Waals surface area (Å²) in [7, 11) is 0. The first-order chi connectivity index (χ1) is 14.0. The third-order valence-electron chi connectivity index (χ3n) is 6.83. The zero-order valence-electron chi connectivity index (χ0n) is 18.3. The molecule has 0 fully saturated rings. The Kier molecular flexibility index (Phi) is 6.23. The van der Waals surface area contributed by atoms with Gasteiger partial charge in [-0.25, -0.2) is 0 Å². The summed E-state index contributed by atoms with van der Waals surface area (Å²) in [5, 5.41) is 3.37. The van der Waals surface area contributed by atoms with Crippen LogP contribution >= 0.6 is 0 Å². The molecule has 0 radical (unpaired) electrons. The standard InChI is InChI=1S/C14H15Si.C8H11.C5H5.Zr/c1-11-7-3-5-9-13(11)15-14-10-6-4-8-12(14)2;1-6-4-5-7(2)8(6)3;1-2-4-5-3-1;/h3-10,15H,1-2H3;4H2,1-3H3;1-3H,4H2;. The van der Waals surface area contributed by atoms with Crippen molar-refractivity contribution in [3.05, 3.63) is 101 Å². The van der Waals surface area contributed by atoms with Crippen molar-refractivity contribution in [1.82, 2.24) is 0 Å². The van der Waals surface area contributed by atoms with Crippen molar-refractivity contribution in [2.24, 2.45) is 0 Å². The van der Waals surface area contributed by atoms with E-state index in [9.17, 15) is 0 Å². The van der Waals surface area contributed by atoms with E-state index in [-0.39, 0.29) is 0 Å². The van der Waals surface area contributed by atoms with Crippen molar-refractivity contribution in [2.75, 3.05) is 0 Å². The number of rotatable bonds is 5. The second-order valence-corrected chi connectivity index (χ2v) is 23.4. The molecule has 0 heterocycles. The maximum atomic E-state index is 2.49. The van der Waals surface area contributed by atoms with E-state index >= 15 is 0 Å². The predicted molar refractivity (Wildman–Crippen MR) is 126 cm³/mol. The van der Waals surface area contributed by atoms with Gasteiger partial charge in [-0.3, -0.25) is 0 Å². The van der Waals surface area contributed by atoms with E-state index < -0.39 is 26.8 Å². The van der Waals surface area contributed by atoms with Crippen molar-refractivity contribution in [1.29, 1.82) is 0 Å². The van der Waals surface area contributed by atoms with Crippen molar-refractivity contribution in [3.8, 4) is 0 Å². The van der Waals surface area contributed by atoms with E-state index in [4.69, 9.17) is 0 Å². The molecule has 2 aliphatic carbocycles. The van der Waals surface area contributed by atoms with Crippen LogP contribution in [0.5, 0.6) is 0 Å². The van der Waals surface area contributed by atoms with Gasteiger partial charge in [0.15, 0.2) is 0 Å². The molecule has 0 aliphatic heterocycles. The fourth-order valence-electron chi connectivity index (χ4n) is 4.87. The number of benzene rings is 2. The van der Waals surface area contributed by atoms with Gasteiger partial charge < -0.3 is 0 Å². The minimum absolute atomic E-state index is 1.19. The Hall–Kier alpha value is -1.50. The summed E-state index contributed by atoms with van der Waals surface area (Å²) in [6.45, 7) is 11.8. The number of allylic oxidation sites excluding steroid dienone is 8.